The maximum atomic E-state index is 6.03. The normalized spacial score (nSPS) is 11.1. The molecule has 2 aromatic heterocycles. The predicted octanol–water partition coefficient (Wildman–Crippen LogP) is 2.90. The number of hydrogen-bond donors (Lipinski definition) is 1. The zero-order valence-corrected chi connectivity index (χ0v) is 11.3. The summed E-state index contributed by atoms with van der Waals surface area (Å²) in [5, 5.41) is 4.29. The highest BCUT2D eigenvalue weighted by atomic mass is 15.3. The number of aryl methyl sites for hydroxylation is 2. The van der Waals surface area contributed by atoms with Gasteiger partial charge in [0.25, 0.3) is 0 Å². The molecular formula is C15H16N4. The molecule has 4 nitrogen and oxygen atoms in total. The Balaban J connectivity index is 2.40. The van der Waals surface area contributed by atoms with E-state index < -0.39 is 0 Å². The summed E-state index contributed by atoms with van der Waals surface area (Å²) in [5.41, 5.74) is 12.7. The van der Waals surface area contributed by atoms with Gasteiger partial charge in [0.2, 0.25) is 0 Å². The summed E-state index contributed by atoms with van der Waals surface area (Å²) < 4.78 is 1.87. The molecule has 0 unspecified atom stereocenters. The van der Waals surface area contributed by atoms with Gasteiger partial charge in [0.1, 0.15) is 11.8 Å². The average Bonchev–Trinajstić information content (AvgIpc) is 2.66. The molecular weight excluding hydrogens is 236 g/mol. The van der Waals surface area contributed by atoms with E-state index >= 15 is 0 Å². The lowest BCUT2D eigenvalue weighted by molar-refractivity contribution is 0.871. The zero-order valence-electron chi connectivity index (χ0n) is 11.3. The Bertz CT molecular complexity index is 754. The second kappa shape index (κ2) is 4.09. The topological polar surface area (TPSA) is 56.2 Å². The number of benzene rings is 1. The Morgan fingerprint density at radius 3 is 2.42 bits per heavy atom. The van der Waals surface area contributed by atoms with Crippen LogP contribution in [0.4, 0.5) is 5.82 Å². The highest BCUT2D eigenvalue weighted by Gasteiger charge is 2.17. The molecule has 0 atom stereocenters. The third kappa shape index (κ3) is 1.68. The van der Waals surface area contributed by atoms with Gasteiger partial charge in [0.15, 0.2) is 5.82 Å². The summed E-state index contributed by atoms with van der Waals surface area (Å²) in [5.74, 6) is 0.516. The predicted molar refractivity (Wildman–Crippen MR) is 77.0 cm³/mol. The number of hydrogen-bond acceptors (Lipinski definition) is 3. The van der Waals surface area contributed by atoms with Crippen LogP contribution in [0.15, 0.2) is 30.6 Å². The summed E-state index contributed by atoms with van der Waals surface area (Å²) in [6, 6.07) is 8.44. The minimum Gasteiger partial charge on any atom is -0.382 e. The molecule has 1 aromatic carbocycles. The number of fused-ring (bicyclic) bond motifs is 1. The van der Waals surface area contributed by atoms with Crippen molar-refractivity contribution in [3.05, 3.63) is 47.4 Å². The van der Waals surface area contributed by atoms with E-state index in [1.807, 2.05) is 11.4 Å². The number of rotatable bonds is 1. The number of aromatic nitrogens is 3. The molecule has 2 N–H and O–H groups in total. The molecule has 0 aliphatic carbocycles. The maximum Gasteiger partial charge on any atom is 0.151 e. The van der Waals surface area contributed by atoms with Crippen LogP contribution in [0.5, 0.6) is 0 Å². The Hall–Kier alpha value is -2.36. The lowest BCUT2D eigenvalue weighted by atomic mass is 10.0. The van der Waals surface area contributed by atoms with Gasteiger partial charge in [0, 0.05) is 11.3 Å². The molecule has 0 amide bonds. The van der Waals surface area contributed by atoms with Crippen LogP contribution >= 0.6 is 0 Å². The summed E-state index contributed by atoms with van der Waals surface area (Å²) in [6.07, 6.45) is 1.49. The molecule has 96 valence electrons. The Labute approximate surface area is 111 Å². The zero-order chi connectivity index (χ0) is 13.6. The van der Waals surface area contributed by atoms with Crippen molar-refractivity contribution >= 4 is 11.3 Å². The molecule has 0 saturated heterocycles. The van der Waals surface area contributed by atoms with Gasteiger partial charge in [-0.1, -0.05) is 29.8 Å². The molecule has 0 saturated carbocycles. The molecule has 3 rings (SSSR count). The molecule has 19 heavy (non-hydrogen) atoms. The van der Waals surface area contributed by atoms with Crippen molar-refractivity contribution < 1.29 is 0 Å². The Kier molecular flexibility index (Phi) is 2.52. The number of nitrogens with zero attached hydrogens (tertiary/aromatic N) is 3. The molecule has 2 heterocycles. The second-order valence-corrected chi connectivity index (χ2v) is 4.86. The van der Waals surface area contributed by atoms with Crippen molar-refractivity contribution in [2.75, 3.05) is 5.73 Å². The SMILES string of the molecule is Cc1ccc(-c2c(C)c(C)n3ncnc(N)c23)cc1. The third-order valence-corrected chi connectivity index (χ3v) is 3.63. The Morgan fingerprint density at radius 1 is 1.05 bits per heavy atom. The van der Waals surface area contributed by atoms with Crippen LogP contribution in [0.1, 0.15) is 16.8 Å². The quantitative estimate of drug-likeness (QED) is 0.724. The first-order chi connectivity index (χ1) is 9.09. The van der Waals surface area contributed by atoms with E-state index in [1.54, 1.807) is 0 Å². The Morgan fingerprint density at radius 2 is 1.74 bits per heavy atom. The van der Waals surface area contributed by atoms with Crippen molar-refractivity contribution in [1.29, 1.82) is 0 Å². The van der Waals surface area contributed by atoms with Crippen LogP contribution in [0.2, 0.25) is 0 Å². The molecule has 0 aliphatic heterocycles. The van der Waals surface area contributed by atoms with Crippen molar-refractivity contribution in [2.45, 2.75) is 20.8 Å². The van der Waals surface area contributed by atoms with Gasteiger partial charge in [-0.25, -0.2) is 9.50 Å². The van der Waals surface area contributed by atoms with Crippen molar-refractivity contribution in [3.63, 3.8) is 0 Å². The number of nitrogen functional groups attached to an aromatic ring is 1. The van der Waals surface area contributed by atoms with Gasteiger partial charge in [-0.2, -0.15) is 5.10 Å². The van der Waals surface area contributed by atoms with Gasteiger partial charge < -0.3 is 5.73 Å². The van der Waals surface area contributed by atoms with Crippen LogP contribution in [0, 0.1) is 20.8 Å². The minimum absolute atomic E-state index is 0.516. The van der Waals surface area contributed by atoms with Gasteiger partial charge >= 0.3 is 0 Å². The fourth-order valence-corrected chi connectivity index (χ4v) is 2.45. The molecule has 3 aromatic rings. The summed E-state index contributed by atoms with van der Waals surface area (Å²) >= 11 is 0. The number of anilines is 1. The van der Waals surface area contributed by atoms with Crippen molar-refractivity contribution in [3.8, 4) is 11.1 Å². The minimum atomic E-state index is 0.516. The fourth-order valence-electron chi connectivity index (χ4n) is 2.45. The smallest absolute Gasteiger partial charge is 0.151 e. The van der Waals surface area contributed by atoms with Crippen LogP contribution < -0.4 is 5.73 Å². The molecule has 0 fully saturated rings. The lowest BCUT2D eigenvalue weighted by Crippen LogP contribution is -2.00. The highest BCUT2D eigenvalue weighted by Crippen LogP contribution is 2.34. The molecule has 0 spiro atoms. The molecule has 4 heteroatoms. The molecule has 0 aliphatic rings. The second-order valence-electron chi connectivity index (χ2n) is 4.86. The van der Waals surface area contributed by atoms with E-state index in [0.717, 1.165) is 22.3 Å². The monoisotopic (exact) mass is 252 g/mol. The first kappa shape index (κ1) is 11.7. The molecule has 0 bridgehead atoms. The van der Waals surface area contributed by atoms with E-state index in [-0.39, 0.29) is 0 Å². The van der Waals surface area contributed by atoms with Gasteiger partial charge in [0.05, 0.1) is 0 Å². The van der Waals surface area contributed by atoms with Gasteiger partial charge in [-0.05, 0) is 31.9 Å². The van der Waals surface area contributed by atoms with E-state index in [4.69, 9.17) is 5.73 Å². The van der Waals surface area contributed by atoms with Crippen molar-refractivity contribution in [2.24, 2.45) is 0 Å². The van der Waals surface area contributed by atoms with E-state index in [1.165, 1.54) is 17.5 Å². The average molecular weight is 252 g/mol. The largest absolute Gasteiger partial charge is 0.382 e. The lowest BCUT2D eigenvalue weighted by Gasteiger charge is -2.04. The van der Waals surface area contributed by atoms with E-state index in [0.29, 0.717) is 5.82 Å². The maximum absolute atomic E-state index is 6.03. The standard InChI is InChI=1S/C15H16N4/c1-9-4-6-12(7-5-9)13-10(2)11(3)19-14(13)15(16)17-8-18-19/h4-8H,1-3H3,(H2,16,17,18). The third-order valence-electron chi connectivity index (χ3n) is 3.63. The van der Waals surface area contributed by atoms with Crippen LogP contribution in [0.3, 0.4) is 0 Å². The summed E-state index contributed by atoms with van der Waals surface area (Å²) in [7, 11) is 0. The van der Waals surface area contributed by atoms with E-state index in [2.05, 4.69) is 48.2 Å². The van der Waals surface area contributed by atoms with Crippen LogP contribution in [0.25, 0.3) is 16.6 Å². The fraction of sp³-hybridized carbons (Fsp3) is 0.200. The first-order valence-corrected chi connectivity index (χ1v) is 6.25. The van der Waals surface area contributed by atoms with Crippen molar-refractivity contribution in [1.82, 2.24) is 14.6 Å². The van der Waals surface area contributed by atoms with Gasteiger partial charge in [-0.15, -0.1) is 0 Å². The van der Waals surface area contributed by atoms with Gasteiger partial charge in [-0.3, -0.25) is 0 Å². The summed E-state index contributed by atoms with van der Waals surface area (Å²) in [6.45, 7) is 6.22. The number of nitrogens with two attached hydrogens (primary N) is 1. The first-order valence-electron chi connectivity index (χ1n) is 6.25. The van der Waals surface area contributed by atoms with E-state index in [9.17, 15) is 0 Å². The highest BCUT2D eigenvalue weighted by molar-refractivity contribution is 5.90. The summed E-state index contributed by atoms with van der Waals surface area (Å²) in [4.78, 5) is 4.11. The molecule has 0 radical (unpaired) electrons. The van der Waals surface area contributed by atoms with Crippen LogP contribution in [-0.2, 0) is 0 Å². The van der Waals surface area contributed by atoms with Crippen LogP contribution in [-0.4, -0.2) is 14.6 Å².